The molecule has 60 heavy (non-hydrogen) atoms. The summed E-state index contributed by atoms with van der Waals surface area (Å²) in [5, 5.41) is 11.1. The highest BCUT2D eigenvalue weighted by Gasteiger charge is 2.44. The van der Waals surface area contributed by atoms with E-state index in [4.69, 9.17) is 23.7 Å². The number of methoxy groups -OCH3 is 3. The normalized spacial score (nSPS) is 21.7. The molecule has 0 aliphatic carbocycles. The van der Waals surface area contributed by atoms with Gasteiger partial charge in [0.2, 0.25) is 5.75 Å². The van der Waals surface area contributed by atoms with Crippen molar-refractivity contribution in [2.75, 3.05) is 48.5 Å². The Kier molecular flexibility index (Phi) is 10.8. The van der Waals surface area contributed by atoms with E-state index in [1.807, 2.05) is 6.07 Å². The Morgan fingerprint density at radius 3 is 1.85 bits per heavy atom. The van der Waals surface area contributed by atoms with E-state index in [1.54, 1.807) is 21.3 Å². The third-order valence-electron chi connectivity index (χ3n) is 13.4. The van der Waals surface area contributed by atoms with E-state index in [0.717, 1.165) is 76.8 Å². The molecule has 0 saturated heterocycles. The lowest BCUT2D eigenvalue weighted by Gasteiger charge is -2.47. The van der Waals surface area contributed by atoms with Crippen LogP contribution in [0.2, 0.25) is 0 Å². The van der Waals surface area contributed by atoms with Gasteiger partial charge in [-0.05, 0) is 64.7 Å². The lowest BCUT2D eigenvalue weighted by Crippen LogP contribution is -2.51. The van der Waals surface area contributed by atoms with Crippen LogP contribution in [0.25, 0.3) is 0 Å². The van der Waals surface area contributed by atoms with Gasteiger partial charge in [0.05, 0.1) is 60.7 Å². The molecule has 6 aromatic rings. The number of fused-ring (bicyclic) bond motifs is 2. The van der Waals surface area contributed by atoms with Crippen molar-refractivity contribution in [3.05, 3.63) is 171 Å². The number of aliphatic hydroxyl groups excluding tert-OH is 1. The highest BCUT2D eigenvalue weighted by Crippen LogP contribution is 2.53. The maximum Gasteiger partial charge on any atom is 0.204 e. The fourth-order valence-corrected chi connectivity index (χ4v) is 10.2. The molecule has 0 spiro atoms. The zero-order valence-electron chi connectivity index (χ0n) is 35.4. The maximum atomic E-state index is 11.1. The molecule has 6 aromatic carbocycles. The molecule has 0 saturated carbocycles. The zero-order chi connectivity index (χ0) is 41.4. The molecule has 8 nitrogen and oxygen atoms in total. The molecule has 4 atom stereocenters. The van der Waals surface area contributed by atoms with Crippen LogP contribution in [-0.2, 0) is 45.4 Å². The summed E-state index contributed by atoms with van der Waals surface area (Å²) in [4.78, 5) is 0. The van der Waals surface area contributed by atoms with Crippen molar-refractivity contribution < 1.29 is 37.8 Å². The molecule has 4 heterocycles. The van der Waals surface area contributed by atoms with Crippen LogP contribution < -0.4 is 23.7 Å². The number of quaternary nitrogens is 2. The number of nitrogens with zero attached hydrogens (tertiary/aromatic N) is 2. The van der Waals surface area contributed by atoms with Crippen molar-refractivity contribution in [1.82, 2.24) is 0 Å². The average Bonchev–Trinajstić information content (AvgIpc) is 3.26. The van der Waals surface area contributed by atoms with E-state index in [-0.39, 0.29) is 18.7 Å². The Labute approximate surface area is 354 Å². The molecule has 308 valence electrons. The number of rotatable bonds is 8. The topological polar surface area (TPSA) is 66.4 Å². The molecule has 4 aliphatic rings. The van der Waals surface area contributed by atoms with Crippen molar-refractivity contribution in [3.8, 4) is 40.2 Å². The first kappa shape index (κ1) is 39.6. The molecular weight excluding hydrogens is 749 g/mol. The fraction of sp³-hybridized carbons (Fsp3) is 0.308. The minimum atomic E-state index is -0.154. The summed E-state index contributed by atoms with van der Waals surface area (Å²) >= 11 is 0. The van der Waals surface area contributed by atoms with Gasteiger partial charge in [0.1, 0.15) is 36.7 Å². The smallest absolute Gasteiger partial charge is 0.204 e. The summed E-state index contributed by atoms with van der Waals surface area (Å²) in [6.45, 7) is 3.43. The standard InChI is InChI=1S/C52H56N2O6/c1-53(32-36-12-8-6-9-13-36)24-22-39-29-41(34-55)47-31-43(39)44(53)26-35-16-19-42(20-17-35)59-48-28-38(18-21-46(48)56-3)27-45-50-40(30-49(57-4)51(58-5)52(50)60-47)23-25-54(45,2)33-37-14-10-7-11-15-37/h6-21,28-31,44-45,55H,22-27,32-34H2,1-5H3/q+2/t44-,45-,53?,54?/m0/s1. The van der Waals surface area contributed by atoms with Gasteiger partial charge in [0, 0.05) is 47.9 Å². The van der Waals surface area contributed by atoms with Crippen LogP contribution in [0.4, 0.5) is 0 Å². The van der Waals surface area contributed by atoms with Crippen LogP contribution in [0.5, 0.6) is 40.2 Å². The number of benzene rings is 6. The third-order valence-corrected chi connectivity index (χ3v) is 13.4. The van der Waals surface area contributed by atoms with E-state index in [0.29, 0.717) is 40.9 Å². The first-order valence-corrected chi connectivity index (χ1v) is 21.1. The highest BCUT2D eigenvalue weighted by atomic mass is 16.5. The van der Waals surface area contributed by atoms with Gasteiger partial charge in [-0.15, -0.1) is 0 Å². The van der Waals surface area contributed by atoms with Gasteiger partial charge < -0.3 is 37.8 Å². The summed E-state index contributed by atoms with van der Waals surface area (Å²) in [6, 6.07) is 43.0. The second-order valence-electron chi connectivity index (χ2n) is 17.3. The van der Waals surface area contributed by atoms with E-state index in [2.05, 4.69) is 129 Å². The lowest BCUT2D eigenvalue weighted by molar-refractivity contribution is -0.954. The highest BCUT2D eigenvalue weighted by molar-refractivity contribution is 5.63. The van der Waals surface area contributed by atoms with Gasteiger partial charge in [-0.1, -0.05) is 78.9 Å². The molecule has 1 N–H and O–H groups in total. The Hall–Kier alpha value is -5.80. The molecule has 8 heteroatoms. The molecule has 6 bridgehead atoms. The van der Waals surface area contributed by atoms with Gasteiger partial charge in [-0.3, -0.25) is 0 Å². The molecule has 0 fully saturated rings. The Morgan fingerprint density at radius 2 is 1.22 bits per heavy atom. The van der Waals surface area contributed by atoms with Gasteiger partial charge in [0.25, 0.3) is 0 Å². The van der Waals surface area contributed by atoms with Gasteiger partial charge in [0.15, 0.2) is 23.0 Å². The number of hydrogen-bond donors (Lipinski definition) is 1. The predicted molar refractivity (Wildman–Crippen MR) is 234 cm³/mol. The first-order valence-electron chi connectivity index (χ1n) is 21.1. The fourth-order valence-electron chi connectivity index (χ4n) is 10.2. The second kappa shape index (κ2) is 16.3. The lowest BCUT2D eigenvalue weighted by atomic mass is 9.84. The second-order valence-corrected chi connectivity index (χ2v) is 17.3. The maximum absolute atomic E-state index is 11.1. The molecular formula is C52H56N2O6+2. The number of hydrogen-bond acceptors (Lipinski definition) is 6. The first-order chi connectivity index (χ1) is 29.2. The quantitative estimate of drug-likeness (QED) is 0.155. The van der Waals surface area contributed by atoms with Crippen molar-refractivity contribution in [3.63, 3.8) is 0 Å². The third kappa shape index (κ3) is 7.49. The Balaban J connectivity index is 1.28. The van der Waals surface area contributed by atoms with Crippen LogP contribution in [0.1, 0.15) is 62.2 Å². The molecule has 4 aliphatic heterocycles. The zero-order valence-corrected chi connectivity index (χ0v) is 35.4. The van der Waals surface area contributed by atoms with Gasteiger partial charge in [-0.25, -0.2) is 0 Å². The van der Waals surface area contributed by atoms with Crippen molar-refractivity contribution in [2.24, 2.45) is 0 Å². The van der Waals surface area contributed by atoms with E-state index < -0.39 is 0 Å². The average molecular weight is 805 g/mol. The van der Waals surface area contributed by atoms with Crippen LogP contribution in [0.15, 0.2) is 121 Å². The van der Waals surface area contributed by atoms with Crippen molar-refractivity contribution in [1.29, 1.82) is 0 Å². The van der Waals surface area contributed by atoms with Crippen LogP contribution in [0.3, 0.4) is 0 Å². The summed E-state index contributed by atoms with van der Waals surface area (Å²) in [5.41, 5.74) is 10.4. The number of aliphatic hydroxyl groups is 1. The van der Waals surface area contributed by atoms with Crippen molar-refractivity contribution >= 4 is 0 Å². The van der Waals surface area contributed by atoms with E-state index >= 15 is 0 Å². The number of likely N-dealkylation sites (N-methyl/N-ethyl adjacent to an activating group) is 2. The van der Waals surface area contributed by atoms with Crippen molar-refractivity contribution in [2.45, 2.75) is 57.5 Å². The largest absolute Gasteiger partial charge is 0.493 e. The molecule has 10 rings (SSSR count). The molecule has 2 unspecified atom stereocenters. The van der Waals surface area contributed by atoms with Crippen LogP contribution >= 0.6 is 0 Å². The summed E-state index contributed by atoms with van der Waals surface area (Å²) in [6.07, 6.45) is 3.22. The predicted octanol–water partition coefficient (Wildman–Crippen LogP) is 10.1. The van der Waals surface area contributed by atoms with Gasteiger partial charge in [-0.2, -0.15) is 0 Å². The summed E-state index contributed by atoms with van der Waals surface area (Å²) in [5.74, 6) is 4.56. The molecule has 0 radical (unpaired) electrons. The Bertz CT molecular complexity index is 2490. The minimum absolute atomic E-state index is 0.0584. The van der Waals surface area contributed by atoms with Crippen LogP contribution in [-0.4, -0.2) is 62.6 Å². The van der Waals surface area contributed by atoms with E-state index in [1.165, 1.54) is 33.4 Å². The van der Waals surface area contributed by atoms with E-state index in [9.17, 15) is 5.11 Å². The summed E-state index contributed by atoms with van der Waals surface area (Å²) < 4.78 is 33.8. The van der Waals surface area contributed by atoms with Crippen LogP contribution in [0, 0.1) is 0 Å². The molecule has 0 aromatic heterocycles. The number of ether oxygens (including phenoxy) is 5. The minimum Gasteiger partial charge on any atom is -0.493 e. The molecule has 0 amide bonds. The summed E-state index contributed by atoms with van der Waals surface area (Å²) in [7, 11) is 9.82. The SMILES string of the molecule is COc1ccc2cc1Oc1ccc(cc1)C[C@H]1c3cc(c(CO)cc3CC[N+]1(C)Cc1ccccc1)Oc1c(OC)c(OC)cc3c1[C@H](C2)[N+](C)(Cc1ccccc1)CC3. The Morgan fingerprint density at radius 1 is 0.600 bits per heavy atom. The monoisotopic (exact) mass is 804 g/mol. The van der Waals surface area contributed by atoms with Gasteiger partial charge >= 0.3 is 0 Å².